The number of hydrogen-bond acceptors (Lipinski definition) is 3. The molecule has 3 rings (SSSR count). The largest absolute Gasteiger partial charge is 0.338 e. The molecule has 2 aromatic rings. The van der Waals surface area contributed by atoms with Crippen LogP contribution in [0.5, 0.6) is 0 Å². The Hall–Kier alpha value is -1.52. The second-order valence-corrected chi connectivity index (χ2v) is 6.46. The number of rotatable bonds is 2. The average Bonchev–Trinajstić information content (AvgIpc) is 2.76. The lowest BCUT2D eigenvalue weighted by molar-refractivity contribution is 0.104. The van der Waals surface area contributed by atoms with Crippen molar-refractivity contribution in [1.29, 1.82) is 0 Å². The van der Waals surface area contributed by atoms with Crippen molar-refractivity contribution >= 4 is 39.2 Å². The number of thioether (sulfide) groups is 1. The maximum Gasteiger partial charge on any atom is 0.188 e. The Kier molecular flexibility index (Phi) is 3.68. The molecule has 0 fully saturated rings. The van der Waals surface area contributed by atoms with Crippen LogP contribution in [0, 0.1) is 0 Å². The van der Waals surface area contributed by atoms with Crippen LogP contribution in [0.3, 0.4) is 0 Å². The molecule has 0 N–H and O–H groups in total. The highest BCUT2D eigenvalue weighted by molar-refractivity contribution is 9.10. The van der Waals surface area contributed by atoms with Gasteiger partial charge in [0.05, 0.1) is 10.7 Å². The molecule has 0 saturated carbocycles. The van der Waals surface area contributed by atoms with Gasteiger partial charge in [0.15, 0.2) is 5.78 Å². The summed E-state index contributed by atoms with van der Waals surface area (Å²) in [5.41, 5.74) is 1.84. The molecule has 0 atom stereocenters. The molecule has 1 aliphatic heterocycles. The summed E-state index contributed by atoms with van der Waals surface area (Å²) < 4.78 is 0.914. The number of halogens is 1. The lowest BCUT2D eigenvalue weighted by atomic mass is 10.1. The van der Waals surface area contributed by atoms with E-state index in [4.69, 9.17) is 0 Å². The van der Waals surface area contributed by atoms with Gasteiger partial charge in [-0.1, -0.05) is 52.0 Å². The van der Waals surface area contributed by atoms with Gasteiger partial charge in [0.25, 0.3) is 0 Å². The van der Waals surface area contributed by atoms with Crippen LogP contribution in [-0.2, 0) is 0 Å². The first-order valence-electron chi connectivity index (χ1n) is 6.17. The molecule has 0 aromatic heterocycles. The molecule has 100 valence electrons. The molecule has 20 heavy (non-hydrogen) atoms. The Morgan fingerprint density at radius 2 is 2.00 bits per heavy atom. The third-order valence-electron chi connectivity index (χ3n) is 3.14. The second kappa shape index (κ2) is 5.46. The summed E-state index contributed by atoms with van der Waals surface area (Å²) in [6.07, 6.45) is 1.70. The minimum absolute atomic E-state index is 0.0217. The van der Waals surface area contributed by atoms with E-state index >= 15 is 0 Å². The first-order chi connectivity index (χ1) is 9.65. The monoisotopic (exact) mass is 345 g/mol. The minimum Gasteiger partial charge on any atom is -0.338 e. The fraction of sp³-hybridized carbons (Fsp3) is 0.0625. The smallest absolute Gasteiger partial charge is 0.188 e. The standard InChI is InChI=1S/C16H12BrNOS/c1-18-13-7-2-3-8-15(13)20-16(18)10-14(19)11-5-4-6-12(17)9-11/h2-10H,1H3/b16-10+. The third-order valence-corrected chi connectivity index (χ3v) is 4.79. The highest BCUT2D eigenvalue weighted by Gasteiger charge is 2.22. The van der Waals surface area contributed by atoms with Crippen LogP contribution in [0.4, 0.5) is 5.69 Å². The lowest BCUT2D eigenvalue weighted by Gasteiger charge is -2.12. The normalized spacial score (nSPS) is 15.5. The number of fused-ring (bicyclic) bond motifs is 1. The van der Waals surface area contributed by atoms with E-state index in [0.29, 0.717) is 5.56 Å². The summed E-state index contributed by atoms with van der Waals surface area (Å²) in [6.45, 7) is 0. The van der Waals surface area contributed by atoms with Gasteiger partial charge in [0.1, 0.15) is 0 Å². The van der Waals surface area contributed by atoms with Crippen LogP contribution in [0.1, 0.15) is 10.4 Å². The Balaban J connectivity index is 1.90. The quantitative estimate of drug-likeness (QED) is 0.580. The predicted molar refractivity (Wildman–Crippen MR) is 87.3 cm³/mol. The van der Waals surface area contributed by atoms with Gasteiger partial charge >= 0.3 is 0 Å². The SMILES string of the molecule is CN1/C(=C\C(=O)c2cccc(Br)c2)Sc2ccccc21. The fourth-order valence-corrected chi connectivity index (χ4v) is 3.57. The topological polar surface area (TPSA) is 20.3 Å². The second-order valence-electron chi connectivity index (χ2n) is 4.49. The van der Waals surface area contributed by atoms with Crippen molar-refractivity contribution in [1.82, 2.24) is 0 Å². The maximum atomic E-state index is 12.3. The summed E-state index contributed by atoms with van der Waals surface area (Å²) in [5, 5.41) is 0.955. The van der Waals surface area contributed by atoms with E-state index < -0.39 is 0 Å². The number of ketones is 1. The van der Waals surface area contributed by atoms with Gasteiger partial charge in [-0.05, 0) is 24.3 Å². The fourth-order valence-electron chi connectivity index (χ4n) is 2.08. The number of nitrogens with zero attached hydrogens (tertiary/aromatic N) is 1. The molecule has 2 aromatic carbocycles. The Bertz CT molecular complexity index is 711. The zero-order chi connectivity index (χ0) is 14.1. The maximum absolute atomic E-state index is 12.3. The van der Waals surface area contributed by atoms with E-state index in [-0.39, 0.29) is 5.78 Å². The molecular formula is C16H12BrNOS. The number of para-hydroxylation sites is 1. The predicted octanol–water partition coefficient (Wildman–Crippen LogP) is 4.72. The third kappa shape index (κ3) is 2.53. The molecule has 0 radical (unpaired) electrons. The summed E-state index contributed by atoms with van der Waals surface area (Å²) in [6, 6.07) is 15.6. The van der Waals surface area contributed by atoms with Crippen LogP contribution >= 0.6 is 27.7 Å². The molecule has 4 heteroatoms. The number of carbonyl (C=O) groups excluding carboxylic acids is 1. The molecule has 0 aliphatic carbocycles. The summed E-state index contributed by atoms with van der Waals surface area (Å²) in [5.74, 6) is 0.0217. The number of allylic oxidation sites excluding steroid dienone is 1. The van der Waals surface area contributed by atoms with Crippen LogP contribution in [-0.4, -0.2) is 12.8 Å². The van der Waals surface area contributed by atoms with Crippen molar-refractivity contribution in [3.63, 3.8) is 0 Å². The zero-order valence-electron chi connectivity index (χ0n) is 10.8. The molecule has 2 nitrogen and oxygen atoms in total. The van der Waals surface area contributed by atoms with E-state index in [2.05, 4.69) is 33.0 Å². The van der Waals surface area contributed by atoms with Crippen molar-refractivity contribution in [2.75, 3.05) is 11.9 Å². The molecule has 0 spiro atoms. The van der Waals surface area contributed by atoms with Crippen molar-refractivity contribution in [2.24, 2.45) is 0 Å². The van der Waals surface area contributed by atoms with Crippen LogP contribution in [0.15, 0.2) is 69.0 Å². The van der Waals surface area contributed by atoms with Crippen LogP contribution < -0.4 is 4.90 Å². The average molecular weight is 346 g/mol. The van der Waals surface area contributed by atoms with Gasteiger partial charge in [-0.2, -0.15) is 0 Å². The molecule has 1 aliphatic rings. The highest BCUT2D eigenvalue weighted by atomic mass is 79.9. The molecular weight excluding hydrogens is 334 g/mol. The van der Waals surface area contributed by atoms with Gasteiger partial charge in [-0.25, -0.2) is 0 Å². The summed E-state index contributed by atoms with van der Waals surface area (Å²) in [4.78, 5) is 15.5. The van der Waals surface area contributed by atoms with Gasteiger partial charge in [0.2, 0.25) is 0 Å². The molecule has 0 saturated heterocycles. The van der Waals surface area contributed by atoms with Gasteiger partial charge in [-0.15, -0.1) is 0 Å². The first-order valence-corrected chi connectivity index (χ1v) is 7.78. The lowest BCUT2D eigenvalue weighted by Crippen LogP contribution is -2.11. The van der Waals surface area contributed by atoms with Crippen LogP contribution in [0.25, 0.3) is 0 Å². The van der Waals surface area contributed by atoms with E-state index in [1.807, 2.05) is 43.4 Å². The summed E-state index contributed by atoms with van der Waals surface area (Å²) in [7, 11) is 1.98. The minimum atomic E-state index is 0.0217. The zero-order valence-corrected chi connectivity index (χ0v) is 13.2. The molecule has 0 unspecified atom stereocenters. The number of anilines is 1. The van der Waals surface area contributed by atoms with E-state index in [9.17, 15) is 4.79 Å². The Morgan fingerprint density at radius 3 is 2.75 bits per heavy atom. The van der Waals surface area contributed by atoms with Crippen molar-refractivity contribution in [3.05, 3.63) is 69.7 Å². The van der Waals surface area contributed by atoms with Crippen LogP contribution in [0.2, 0.25) is 0 Å². The Labute approximate surface area is 130 Å². The first kappa shape index (κ1) is 13.5. The number of benzene rings is 2. The van der Waals surface area contributed by atoms with Crippen molar-refractivity contribution in [3.8, 4) is 0 Å². The molecule has 0 bridgehead atoms. The van der Waals surface area contributed by atoms with Gasteiger partial charge in [0, 0.05) is 28.1 Å². The van der Waals surface area contributed by atoms with Crippen molar-refractivity contribution in [2.45, 2.75) is 4.90 Å². The van der Waals surface area contributed by atoms with Crippen molar-refractivity contribution < 1.29 is 4.79 Å². The highest BCUT2D eigenvalue weighted by Crippen LogP contribution is 2.44. The summed E-state index contributed by atoms with van der Waals surface area (Å²) >= 11 is 5.02. The van der Waals surface area contributed by atoms with Gasteiger partial charge in [-0.3, -0.25) is 4.79 Å². The molecule has 0 amide bonds. The number of carbonyl (C=O) groups is 1. The van der Waals surface area contributed by atoms with E-state index in [1.165, 1.54) is 4.90 Å². The van der Waals surface area contributed by atoms with E-state index in [0.717, 1.165) is 15.2 Å². The van der Waals surface area contributed by atoms with Gasteiger partial charge < -0.3 is 4.90 Å². The molecule has 1 heterocycles. The van der Waals surface area contributed by atoms with E-state index in [1.54, 1.807) is 17.8 Å². The Morgan fingerprint density at radius 1 is 1.20 bits per heavy atom. The number of hydrogen-bond donors (Lipinski definition) is 0.